The van der Waals surface area contributed by atoms with E-state index in [4.69, 9.17) is 0 Å². The molecule has 3 aromatic rings. The summed E-state index contributed by atoms with van der Waals surface area (Å²) in [5.41, 5.74) is 2.61. The van der Waals surface area contributed by atoms with Crippen LogP contribution in [0.15, 0.2) is 54.9 Å². The first-order chi connectivity index (χ1) is 9.68. The summed E-state index contributed by atoms with van der Waals surface area (Å²) in [5, 5.41) is 1.94. The molecule has 0 aliphatic carbocycles. The minimum atomic E-state index is 0.0647. The molecule has 1 heterocycles. The Morgan fingerprint density at radius 1 is 1.05 bits per heavy atom. The zero-order valence-corrected chi connectivity index (χ0v) is 13.1. The van der Waals surface area contributed by atoms with Crippen molar-refractivity contribution in [2.24, 2.45) is 0 Å². The Morgan fingerprint density at radius 2 is 1.80 bits per heavy atom. The van der Waals surface area contributed by atoms with Crippen molar-refractivity contribution < 1.29 is 4.79 Å². The molecule has 0 spiro atoms. The van der Waals surface area contributed by atoms with Crippen LogP contribution in [0, 0.1) is 10.5 Å². The van der Waals surface area contributed by atoms with E-state index in [2.05, 4.69) is 27.6 Å². The molecular weight excluding hydrogens is 361 g/mol. The number of hydrogen-bond acceptors (Lipinski definition) is 2. The number of benzene rings is 2. The highest BCUT2D eigenvalue weighted by molar-refractivity contribution is 14.1. The van der Waals surface area contributed by atoms with Crippen molar-refractivity contribution in [1.29, 1.82) is 0 Å². The molecule has 0 aliphatic heterocycles. The highest BCUT2D eigenvalue weighted by atomic mass is 127. The van der Waals surface area contributed by atoms with Crippen molar-refractivity contribution in [3.63, 3.8) is 0 Å². The molecule has 3 rings (SSSR count). The number of aryl methyl sites for hydroxylation is 1. The monoisotopic (exact) mass is 373 g/mol. The van der Waals surface area contributed by atoms with E-state index in [1.807, 2.05) is 49.4 Å². The van der Waals surface area contributed by atoms with Crippen molar-refractivity contribution in [1.82, 2.24) is 4.98 Å². The average Bonchev–Trinajstić information content (AvgIpc) is 2.49. The van der Waals surface area contributed by atoms with Gasteiger partial charge in [-0.1, -0.05) is 30.3 Å². The third kappa shape index (κ3) is 2.22. The highest BCUT2D eigenvalue weighted by Crippen LogP contribution is 2.24. The number of pyridine rings is 1. The van der Waals surface area contributed by atoms with Crippen LogP contribution in [0.4, 0.5) is 0 Å². The van der Waals surface area contributed by atoms with Crippen molar-refractivity contribution >= 4 is 39.1 Å². The van der Waals surface area contributed by atoms with E-state index < -0.39 is 0 Å². The van der Waals surface area contributed by atoms with Gasteiger partial charge >= 0.3 is 0 Å². The number of carbonyl (C=O) groups is 1. The molecule has 3 heteroatoms. The summed E-state index contributed by atoms with van der Waals surface area (Å²) >= 11 is 2.24. The van der Waals surface area contributed by atoms with Crippen LogP contribution in [0.25, 0.3) is 10.8 Å². The van der Waals surface area contributed by atoms with E-state index in [1.54, 1.807) is 12.4 Å². The number of aromatic nitrogens is 1. The van der Waals surface area contributed by atoms with Gasteiger partial charge < -0.3 is 0 Å². The minimum Gasteiger partial charge on any atom is -0.289 e. The molecule has 0 saturated heterocycles. The molecule has 2 nitrogen and oxygen atoms in total. The first-order valence-corrected chi connectivity index (χ1v) is 7.39. The van der Waals surface area contributed by atoms with Crippen molar-refractivity contribution in [2.75, 3.05) is 0 Å². The maximum Gasteiger partial charge on any atom is 0.194 e. The van der Waals surface area contributed by atoms with E-state index in [0.29, 0.717) is 0 Å². The lowest BCUT2D eigenvalue weighted by atomic mass is 9.97. The Hall–Kier alpha value is -1.75. The summed E-state index contributed by atoms with van der Waals surface area (Å²) in [7, 11) is 0. The molecule has 0 fully saturated rings. The van der Waals surface area contributed by atoms with Crippen molar-refractivity contribution in [2.45, 2.75) is 6.92 Å². The van der Waals surface area contributed by atoms with Gasteiger partial charge in [0.05, 0.1) is 0 Å². The Balaban J connectivity index is 2.21. The van der Waals surface area contributed by atoms with Gasteiger partial charge in [-0.05, 0) is 52.6 Å². The third-order valence-electron chi connectivity index (χ3n) is 3.36. The fourth-order valence-corrected chi connectivity index (χ4v) is 2.89. The highest BCUT2D eigenvalue weighted by Gasteiger charge is 2.15. The van der Waals surface area contributed by atoms with Crippen LogP contribution in [0.2, 0.25) is 0 Å². The fraction of sp³-hybridized carbons (Fsp3) is 0.0588. The van der Waals surface area contributed by atoms with Crippen LogP contribution in [-0.2, 0) is 0 Å². The molecule has 0 N–H and O–H groups in total. The van der Waals surface area contributed by atoms with Gasteiger partial charge in [0.2, 0.25) is 0 Å². The summed E-state index contributed by atoms with van der Waals surface area (Å²) in [6, 6.07) is 13.5. The zero-order chi connectivity index (χ0) is 14.1. The van der Waals surface area contributed by atoms with Crippen LogP contribution in [-0.4, -0.2) is 10.8 Å². The number of halogens is 1. The maximum atomic E-state index is 12.8. The van der Waals surface area contributed by atoms with E-state index in [-0.39, 0.29) is 5.78 Å². The molecule has 2 aromatic carbocycles. The standard InChI is InChI=1S/C17H12INO/c1-11-4-2-7-15(16(11)18)17(20)14-6-3-5-12-10-19-9-8-13(12)14/h2-10H,1H3. The van der Waals surface area contributed by atoms with Crippen LogP contribution < -0.4 is 0 Å². The molecule has 0 amide bonds. The molecule has 0 saturated carbocycles. The largest absolute Gasteiger partial charge is 0.289 e. The molecule has 0 atom stereocenters. The van der Waals surface area contributed by atoms with Crippen molar-refractivity contribution in [3.8, 4) is 0 Å². The topological polar surface area (TPSA) is 30.0 Å². The van der Waals surface area contributed by atoms with Crippen LogP contribution >= 0.6 is 22.6 Å². The van der Waals surface area contributed by atoms with Gasteiger partial charge in [0.15, 0.2) is 5.78 Å². The lowest BCUT2D eigenvalue weighted by Gasteiger charge is -2.08. The van der Waals surface area contributed by atoms with Gasteiger partial charge in [0.25, 0.3) is 0 Å². The second kappa shape index (κ2) is 5.32. The summed E-state index contributed by atoms with van der Waals surface area (Å²) in [6.07, 6.45) is 3.51. The number of fused-ring (bicyclic) bond motifs is 1. The Kier molecular flexibility index (Phi) is 3.53. The zero-order valence-electron chi connectivity index (χ0n) is 10.9. The second-order valence-electron chi connectivity index (χ2n) is 4.67. The SMILES string of the molecule is Cc1cccc(C(=O)c2cccc3cnccc23)c1I. The molecule has 1 aromatic heterocycles. The summed E-state index contributed by atoms with van der Waals surface area (Å²) in [4.78, 5) is 16.9. The van der Waals surface area contributed by atoms with E-state index in [1.165, 1.54) is 0 Å². The number of hydrogen-bond donors (Lipinski definition) is 0. The van der Waals surface area contributed by atoms with Gasteiger partial charge in [-0.2, -0.15) is 0 Å². The number of rotatable bonds is 2. The quantitative estimate of drug-likeness (QED) is 0.493. The minimum absolute atomic E-state index is 0.0647. The molecule has 20 heavy (non-hydrogen) atoms. The van der Waals surface area contributed by atoms with Crippen LogP contribution in [0.5, 0.6) is 0 Å². The molecular formula is C17H12INO. The first-order valence-electron chi connectivity index (χ1n) is 6.31. The molecule has 0 bridgehead atoms. The smallest absolute Gasteiger partial charge is 0.194 e. The van der Waals surface area contributed by atoms with Gasteiger partial charge in [0.1, 0.15) is 0 Å². The molecule has 98 valence electrons. The average molecular weight is 373 g/mol. The lowest BCUT2D eigenvalue weighted by Crippen LogP contribution is -2.05. The summed E-state index contributed by atoms with van der Waals surface area (Å²) in [6.45, 7) is 2.02. The Morgan fingerprint density at radius 3 is 2.65 bits per heavy atom. The van der Waals surface area contributed by atoms with Gasteiger partial charge in [-0.25, -0.2) is 0 Å². The van der Waals surface area contributed by atoms with Gasteiger partial charge in [-0.3, -0.25) is 9.78 Å². The lowest BCUT2D eigenvalue weighted by molar-refractivity contribution is 0.103. The first kappa shape index (κ1) is 13.2. The summed E-state index contributed by atoms with van der Waals surface area (Å²) in [5.74, 6) is 0.0647. The number of nitrogens with zero attached hydrogens (tertiary/aromatic N) is 1. The Labute approximate surface area is 131 Å². The number of ketones is 1. The Bertz CT molecular complexity index is 806. The van der Waals surface area contributed by atoms with E-state index in [0.717, 1.165) is 31.0 Å². The van der Waals surface area contributed by atoms with Crippen LogP contribution in [0.1, 0.15) is 21.5 Å². The molecule has 0 aliphatic rings. The van der Waals surface area contributed by atoms with Gasteiger partial charge in [-0.15, -0.1) is 0 Å². The fourth-order valence-electron chi connectivity index (χ4n) is 2.29. The van der Waals surface area contributed by atoms with Gasteiger partial charge in [0, 0.05) is 32.5 Å². The maximum absolute atomic E-state index is 12.8. The normalized spacial score (nSPS) is 10.7. The van der Waals surface area contributed by atoms with Crippen molar-refractivity contribution in [3.05, 3.63) is 75.1 Å². The number of carbonyl (C=O) groups excluding carboxylic acids is 1. The second-order valence-corrected chi connectivity index (χ2v) is 5.75. The molecule has 0 radical (unpaired) electrons. The third-order valence-corrected chi connectivity index (χ3v) is 4.79. The summed E-state index contributed by atoms with van der Waals surface area (Å²) < 4.78 is 1.01. The van der Waals surface area contributed by atoms with E-state index >= 15 is 0 Å². The predicted octanol–water partition coefficient (Wildman–Crippen LogP) is 4.38. The predicted molar refractivity (Wildman–Crippen MR) is 89.1 cm³/mol. The molecule has 0 unspecified atom stereocenters. The van der Waals surface area contributed by atoms with Crippen LogP contribution in [0.3, 0.4) is 0 Å². The van der Waals surface area contributed by atoms with E-state index in [9.17, 15) is 4.79 Å².